The van der Waals surface area contributed by atoms with Crippen molar-refractivity contribution in [1.29, 1.82) is 0 Å². The van der Waals surface area contributed by atoms with Gasteiger partial charge in [-0.25, -0.2) is 5.43 Å². The van der Waals surface area contributed by atoms with Crippen molar-refractivity contribution in [3.05, 3.63) is 95.1 Å². The molecule has 0 radical (unpaired) electrons. The molecular weight excluding hydrogens is 376 g/mol. The van der Waals surface area contributed by atoms with Gasteiger partial charge in [0.25, 0.3) is 11.8 Å². The van der Waals surface area contributed by atoms with Gasteiger partial charge >= 0.3 is 0 Å². The topological polar surface area (TPSA) is 73.8 Å². The van der Waals surface area contributed by atoms with Crippen molar-refractivity contribution in [2.75, 3.05) is 24.3 Å². The number of aryl methyl sites for hydroxylation is 1. The molecule has 0 aliphatic carbocycles. The van der Waals surface area contributed by atoms with Gasteiger partial charge in [0, 0.05) is 36.6 Å². The van der Waals surface area contributed by atoms with E-state index in [4.69, 9.17) is 0 Å². The molecule has 0 aromatic heterocycles. The average Bonchev–Trinajstić information content (AvgIpc) is 2.74. The summed E-state index contributed by atoms with van der Waals surface area (Å²) in [5.41, 5.74) is 6.89. The number of carbonyl (C=O) groups is 2. The largest absolute Gasteiger partial charge is 0.378 e. The Hall–Kier alpha value is -3.93. The highest BCUT2D eigenvalue weighted by Crippen LogP contribution is 2.14. The van der Waals surface area contributed by atoms with E-state index in [-0.39, 0.29) is 11.8 Å². The Labute approximate surface area is 176 Å². The smallest absolute Gasteiger partial charge is 0.271 e. The molecule has 0 saturated carbocycles. The van der Waals surface area contributed by atoms with Crippen LogP contribution < -0.4 is 15.6 Å². The van der Waals surface area contributed by atoms with E-state index in [0.29, 0.717) is 16.8 Å². The summed E-state index contributed by atoms with van der Waals surface area (Å²) >= 11 is 0. The van der Waals surface area contributed by atoms with E-state index >= 15 is 0 Å². The van der Waals surface area contributed by atoms with Crippen molar-refractivity contribution in [3.63, 3.8) is 0 Å². The molecule has 0 heterocycles. The zero-order valence-electron chi connectivity index (χ0n) is 17.2. The first-order valence-electron chi connectivity index (χ1n) is 9.52. The van der Waals surface area contributed by atoms with Crippen LogP contribution in [0, 0.1) is 6.92 Å². The minimum atomic E-state index is -0.358. The van der Waals surface area contributed by atoms with E-state index < -0.39 is 0 Å². The fourth-order valence-electron chi connectivity index (χ4n) is 2.85. The van der Waals surface area contributed by atoms with Crippen LogP contribution in [0.2, 0.25) is 0 Å². The molecule has 0 atom stereocenters. The third kappa shape index (κ3) is 5.32. The van der Waals surface area contributed by atoms with Crippen molar-refractivity contribution in [1.82, 2.24) is 5.43 Å². The highest BCUT2D eigenvalue weighted by Gasteiger charge is 2.10. The number of hydrogen-bond donors (Lipinski definition) is 2. The minimum absolute atomic E-state index is 0.218. The van der Waals surface area contributed by atoms with Crippen molar-refractivity contribution < 1.29 is 9.59 Å². The molecule has 0 saturated heterocycles. The number of anilines is 2. The highest BCUT2D eigenvalue weighted by molar-refractivity contribution is 6.06. The Morgan fingerprint density at radius 3 is 2.33 bits per heavy atom. The number of rotatable bonds is 6. The maximum Gasteiger partial charge on any atom is 0.271 e. The fourth-order valence-corrected chi connectivity index (χ4v) is 2.85. The second kappa shape index (κ2) is 9.52. The standard InChI is InChI=1S/C24H24N4O2/c1-17-7-4-5-10-22(17)24(30)26-20-9-6-8-19(15-20)23(29)27-25-16-18-11-13-21(14-12-18)28(2)3/h4-16H,1-3H3,(H,26,30)(H,27,29)/b25-16-. The second-order valence-corrected chi connectivity index (χ2v) is 7.03. The predicted molar refractivity (Wildman–Crippen MR) is 121 cm³/mol. The molecule has 6 heteroatoms. The van der Waals surface area contributed by atoms with Gasteiger partial charge in [-0.15, -0.1) is 0 Å². The monoisotopic (exact) mass is 400 g/mol. The molecule has 6 nitrogen and oxygen atoms in total. The lowest BCUT2D eigenvalue weighted by molar-refractivity contribution is 0.0953. The summed E-state index contributed by atoms with van der Waals surface area (Å²) in [7, 11) is 3.95. The molecular formula is C24H24N4O2. The van der Waals surface area contributed by atoms with E-state index in [0.717, 1.165) is 16.8 Å². The van der Waals surface area contributed by atoms with Crippen molar-refractivity contribution in [2.24, 2.45) is 5.10 Å². The molecule has 0 aliphatic heterocycles. The quantitative estimate of drug-likeness (QED) is 0.484. The van der Waals surface area contributed by atoms with Gasteiger partial charge < -0.3 is 10.2 Å². The molecule has 2 N–H and O–H groups in total. The number of amides is 2. The third-order valence-corrected chi connectivity index (χ3v) is 4.56. The van der Waals surface area contributed by atoms with Gasteiger partial charge in [0.05, 0.1) is 6.21 Å². The van der Waals surface area contributed by atoms with Gasteiger partial charge in [0.2, 0.25) is 0 Å². The number of hydrogen-bond acceptors (Lipinski definition) is 4. The molecule has 0 fully saturated rings. The molecule has 30 heavy (non-hydrogen) atoms. The van der Waals surface area contributed by atoms with Gasteiger partial charge in [-0.05, 0) is 54.4 Å². The number of nitrogens with one attached hydrogen (secondary N) is 2. The minimum Gasteiger partial charge on any atom is -0.378 e. The lowest BCUT2D eigenvalue weighted by Crippen LogP contribution is -2.18. The predicted octanol–water partition coefficient (Wildman–Crippen LogP) is 4.08. The van der Waals surface area contributed by atoms with Crippen LogP contribution >= 0.6 is 0 Å². The van der Waals surface area contributed by atoms with Crippen LogP contribution in [0.25, 0.3) is 0 Å². The van der Waals surface area contributed by atoms with Crippen LogP contribution in [0.3, 0.4) is 0 Å². The van der Waals surface area contributed by atoms with Crippen LogP contribution in [-0.2, 0) is 0 Å². The average molecular weight is 400 g/mol. The Morgan fingerprint density at radius 2 is 1.63 bits per heavy atom. The normalized spacial score (nSPS) is 10.6. The zero-order valence-corrected chi connectivity index (χ0v) is 17.2. The van der Waals surface area contributed by atoms with Gasteiger partial charge in [-0.2, -0.15) is 5.10 Å². The summed E-state index contributed by atoms with van der Waals surface area (Å²) in [6.07, 6.45) is 1.58. The molecule has 0 unspecified atom stereocenters. The van der Waals surface area contributed by atoms with Crippen LogP contribution in [-0.4, -0.2) is 32.1 Å². The maximum atomic E-state index is 12.5. The Morgan fingerprint density at radius 1 is 0.900 bits per heavy atom. The summed E-state index contributed by atoms with van der Waals surface area (Å²) in [5.74, 6) is -0.576. The lowest BCUT2D eigenvalue weighted by Gasteiger charge is -2.11. The van der Waals surface area contributed by atoms with Gasteiger partial charge in [0.15, 0.2) is 0 Å². The molecule has 3 aromatic rings. The lowest BCUT2D eigenvalue weighted by atomic mass is 10.1. The Balaban J connectivity index is 1.63. The first-order chi connectivity index (χ1) is 14.4. The number of hydrazone groups is 1. The zero-order chi connectivity index (χ0) is 21.5. The first-order valence-corrected chi connectivity index (χ1v) is 9.52. The molecule has 3 rings (SSSR count). The molecule has 0 spiro atoms. The first kappa shape index (κ1) is 20.8. The molecule has 0 aliphatic rings. The molecule has 3 aromatic carbocycles. The summed E-state index contributed by atoms with van der Waals surface area (Å²) in [6.45, 7) is 1.88. The van der Waals surface area contributed by atoms with Gasteiger partial charge in [-0.1, -0.05) is 36.4 Å². The van der Waals surface area contributed by atoms with E-state index in [1.807, 2.05) is 68.4 Å². The SMILES string of the molecule is Cc1ccccc1C(=O)Nc1cccc(C(=O)N/N=C\c2ccc(N(C)C)cc2)c1. The van der Waals surface area contributed by atoms with Crippen molar-refractivity contribution in [3.8, 4) is 0 Å². The van der Waals surface area contributed by atoms with Crippen molar-refractivity contribution >= 4 is 29.4 Å². The van der Waals surface area contributed by atoms with Crippen LogP contribution in [0.15, 0.2) is 77.9 Å². The summed E-state index contributed by atoms with van der Waals surface area (Å²) < 4.78 is 0. The molecule has 2 amide bonds. The summed E-state index contributed by atoms with van der Waals surface area (Å²) in [4.78, 5) is 26.9. The van der Waals surface area contributed by atoms with E-state index in [9.17, 15) is 9.59 Å². The third-order valence-electron chi connectivity index (χ3n) is 4.56. The summed E-state index contributed by atoms with van der Waals surface area (Å²) in [6, 6.07) is 21.9. The van der Waals surface area contributed by atoms with Crippen LogP contribution in [0.1, 0.15) is 31.8 Å². The number of benzene rings is 3. The Bertz CT molecular complexity index is 1070. The van der Waals surface area contributed by atoms with Gasteiger partial charge in [-0.3, -0.25) is 9.59 Å². The van der Waals surface area contributed by atoms with Crippen LogP contribution in [0.4, 0.5) is 11.4 Å². The number of carbonyl (C=O) groups excluding carboxylic acids is 2. The van der Waals surface area contributed by atoms with E-state index in [1.54, 1.807) is 36.5 Å². The van der Waals surface area contributed by atoms with Gasteiger partial charge in [0.1, 0.15) is 0 Å². The Kier molecular flexibility index (Phi) is 6.60. The number of nitrogens with zero attached hydrogens (tertiary/aromatic N) is 2. The summed E-state index contributed by atoms with van der Waals surface area (Å²) in [5, 5.41) is 6.85. The van der Waals surface area contributed by atoms with Crippen LogP contribution in [0.5, 0.6) is 0 Å². The highest BCUT2D eigenvalue weighted by atomic mass is 16.2. The molecule has 0 bridgehead atoms. The molecule has 152 valence electrons. The van der Waals surface area contributed by atoms with Crippen molar-refractivity contribution in [2.45, 2.75) is 6.92 Å². The van der Waals surface area contributed by atoms with E-state index in [1.165, 1.54) is 0 Å². The second-order valence-electron chi connectivity index (χ2n) is 7.03. The fraction of sp³-hybridized carbons (Fsp3) is 0.125. The maximum absolute atomic E-state index is 12.5. The van der Waals surface area contributed by atoms with E-state index in [2.05, 4.69) is 15.8 Å².